The van der Waals surface area contributed by atoms with Gasteiger partial charge in [-0.1, -0.05) is 6.08 Å². The second kappa shape index (κ2) is 7.83. The Kier molecular flexibility index (Phi) is 5.81. The predicted octanol–water partition coefficient (Wildman–Crippen LogP) is 0.535. The maximum Gasteiger partial charge on any atom is 0.254 e. The fourth-order valence-corrected chi connectivity index (χ4v) is 2.63. The second-order valence-electron chi connectivity index (χ2n) is 5.50. The lowest BCUT2D eigenvalue weighted by atomic mass is 10.1. The van der Waals surface area contributed by atoms with E-state index in [1.807, 2.05) is 0 Å². The smallest absolute Gasteiger partial charge is 0.254 e. The maximum absolute atomic E-state index is 12.7. The third-order valence-corrected chi connectivity index (χ3v) is 3.81. The number of aliphatic hydroxyl groups excluding tert-OH is 1. The average molecular weight is 334 g/mol. The number of benzene rings is 1. The van der Waals surface area contributed by atoms with Crippen molar-refractivity contribution in [3.05, 3.63) is 36.4 Å². The van der Waals surface area contributed by atoms with Gasteiger partial charge in [0.2, 0.25) is 5.91 Å². The van der Waals surface area contributed by atoms with E-state index in [0.717, 1.165) is 0 Å². The standard InChI is InChI=1S/C17H22N2O5/c1-4-7-18-9-13(20)10-19(11-16(18)21)17(22)12-5-6-14(23-2)15(8-12)24-3/h4-6,8,13,20H,1,7,9-11H2,2-3H3. The Balaban J connectivity index is 2.22. The highest BCUT2D eigenvalue weighted by atomic mass is 16.5. The molecule has 1 aromatic rings. The van der Waals surface area contributed by atoms with E-state index >= 15 is 0 Å². The van der Waals surface area contributed by atoms with Gasteiger partial charge in [-0.25, -0.2) is 0 Å². The van der Waals surface area contributed by atoms with Gasteiger partial charge in [0.05, 0.1) is 20.3 Å². The molecular formula is C17H22N2O5. The molecule has 0 radical (unpaired) electrons. The van der Waals surface area contributed by atoms with Crippen LogP contribution in [0, 0.1) is 0 Å². The summed E-state index contributed by atoms with van der Waals surface area (Å²) in [5.74, 6) is 0.376. The van der Waals surface area contributed by atoms with E-state index in [4.69, 9.17) is 9.47 Å². The van der Waals surface area contributed by atoms with Crippen LogP contribution in [0.3, 0.4) is 0 Å². The molecule has 0 aromatic heterocycles. The Labute approximate surface area is 141 Å². The van der Waals surface area contributed by atoms with Crippen molar-refractivity contribution in [3.63, 3.8) is 0 Å². The molecule has 1 aliphatic rings. The van der Waals surface area contributed by atoms with Gasteiger partial charge >= 0.3 is 0 Å². The number of β-amino-alcohol motifs (C(OH)–C–C–N with tert-alkyl or cyclic N) is 1. The number of hydrogen-bond acceptors (Lipinski definition) is 5. The van der Waals surface area contributed by atoms with Crippen molar-refractivity contribution in [1.29, 1.82) is 0 Å². The Bertz CT molecular complexity index is 631. The number of rotatable bonds is 5. The SMILES string of the molecule is C=CCN1CC(O)CN(C(=O)c2ccc(OC)c(OC)c2)CC1=O. The zero-order chi connectivity index (χ0) is 17.7. The summed E-state index contributed by atoms with van der Waals surface area (Å²) in [5, 5.41) is 10.1. The lowest BCUT2D eigenvalue weighted by Gasteiger charge is -2.21. The molecule has 0 saturated carbocycles. The molecule has 1 N–H and O–H groups in total. The van der Waals surface area contributed by atoms with Crippen LogP contribution < -0.4 is 9.47 Å². The predicted molar refractivity (Wildman–Crippen MR) is 88.2 cm³/mol. The lowest BCUT2D eigenvalue weighted by molar-refractivity contribution is -0.130. The molecule has 1 atom stereocenters. The second-order valence-corrected chi connectivity index (χ2v) is 5.50. The van der Waals surface area contributed by atoms with Gasteiger partial charge in [-0.2, -0.15) is 0 Å². The first kappa shape index (κ1) is 17.8. The third kappa shape index (κ3) is 3.86. The number of nitrogens with zero attached hydrogens (tertiary/aromatic N) is 2. The van der Waals surface area contributed by atoms with Crippen LogP contribution in [0.2, 0.25) is 0 Å². The van der Waals surface area contributed by atoms with Crippen LogP contribution >= 0.6 is 0 Å². The molecule has 7 nitrogen and oxygen atoms in total. The van der Waals surface area contributed by atoms with E-state index in [1.165, 1.54) is 24.0 Å². The minimum atomic E-state index is -0.805. The van der Waals surface area contributed by atoms with Crippen molar-refractivity contribution in [3.8, 4) is 11.5 Å². The molecule has 1 saturated heterocycles. The maximum atomic E-state index is 12.7. The fourth-order valence-electron chi connectivity index (χ4n) is 2.63. The molecule has 1 heterocycles. The summed E-state index contributed by atoms with van der Waals surface area (Å²) in [6.45, 7) is 4.13. The van der Waals surface area contributed by atoms with Gasteiger partial charge in [0.1, 0.15) is 6.54 Å². The molecule has 24 heavy (non-hydrogen) atoms. The normalized spacial score (nSPS) is 18.1. The molecule has 1 aromatic carbocycles. The minimum absolute atomic E-state index is 0.0852. The highest BCUT2D eigenvalue weighted by molar-refractivity contribution is 5.97. The minimum Gasteiger partial charge on any atom is -0.493 e. The molecule has 0 bridgehead atoms. The zero-order valence-corrected chi connectivity index (χ0v) is 13.9. The number of methoxy groups -OCH3 is 2. The van der Waals surface area contributed by atoms with Gasteiger partial charge in [0.25, 0.3) is 5.91 Å². The van der Waals surface area contributed by atoms with Crippen molar-refractivity contribution in [2.45, 2.75) is 6.10 Å². The lowest BCUT2D eigenvalue weighted by Crippen LogP contribution is -2.39. The Morgan fingerprint density at radius 2 is 2.04 bits per heavy atom. The number of amides is 2. The molecule has 1 unspecified atom stereocenters. The summed E-state index contributed by atoms with van der Waals surface area (Å²) in [7, 11) is 3.00. The molecule has 1 aliphatic heterocycles. The fraction of sp³-hybridized carbons (Fsp3) is 0.412. The number of hydrogen-bond donors (Lipinski definition) is 1. The molecule has 0 spiro atoms. The van der Waals surface area contributed by atoms with Gasteiger partial charge < -0.3 is 24.4 Å². The van der Waals surface area contributed by atoms with E-state index in [1.54, 1.807) is 24.3 Å². The zero-order valence-electron chi connectivity index (χ0n) is 13.9. The van der Waals surface area contributed by atoms with Crippen LogP contribution in [0.5, 0.6) is 11.5 Å². The summed E-state index contributed by atoms with van der Waals surface area (Å²) in [4.78, 5) is 27.8. The van der Waals surface area contributed by atoms with E-state index in [-0.39, 0.29) is 31.4 Å². The Morgan fingerprint density at radius 1 is 1.33 bits per heavy atom. The number of carbonyl (C=O) groups is 2. The molecule has 7 heteroatoms. The summed E-state index contributed by atoms with van der Waals surface area (Å²) in [6, 6.07) is 4.80. The molecular weight excluding hydrogens is 312 g/mol. The van der Waals surface area contributed by atoms with Crippen LogP contribution in [0.4, 0.5) is 0 Å². The first-order valence-electron chi connectivity index (χ1n) is 7.58. The summed E-state index contributed by atoms with van der Waals surface area (Å²) in [5.41, 5.74) is 0.366. The van der Waals surface area contributed by atoms with E-state index in [0.29, 0.717) is 23.6 Å². The topological polar surface area (TPSA) is 79.3 Å². The van der Waals surface area contributed by atoms with Crippen LogP contribution in [-0.2, 0) is 4.79 Å². The monoisotopic (exact) mass is 334 g/mol. The summed E-state index contributed by atoms with van der Waals surface area (Å²) in [6.07, 6.45) is 0.789. The van der Waals surface area contributed by atoms with Crippen LogP contribution in [0.15, 0.2) is 30.9 Å². The average Bonchev–Trinajstić information content (AvgIpc) is 2.72. The molecule has 2 amide bonds. The molecule has 1 fully saturated rings. The number of carbonyl (C=O) groups excluding carboxylic acids is 2. The first-order chi connectivity index (χ1) is 11.5. The van der Waals surface area contributed by atoms with Gasteiger partial charge in [-0.15, -0.1) is 6.58 Å². The highest BCUT2D eigenvalue weighted by Crippen LogP contribution is 2.28. The van der Waals surface area contributed by atoms with Crippen LogP contribution in [-0.4, -0.2) is 73.2 Å². The van der Waals surface area contributed by atoms with Gasteiger partial charge in [-0.3, -0.25) is 9.59 Å². The summed E-state index contributed by atoms with van der Waals surface area (Å²) < 4.78 is 10.4. The first-order valence-corrected chi connectivity index (χ1v) is 7.58. The van der Waals surface area contributed by atoms with Gasteiger partial charge in [-0.05, 0) is 18.2 Å². The van der Waals surface area contributed by atoms with Gasteiger partial charge in [0, 0.05) is 25.2 Å². The largest absolute Gasteiger partial charge is 0.493 e. The number of aliphatic hydroxyl groups is 1. The molecule has 130 valence electrons. The van der Waals surface area contributed by atoms with Crippen LogP contribution in [0.1, 0.15) is 10.4 Å². The number of ether oxygens (including phenoxy) is 2. The quantitative estimate of drug-likeness (QED) is 0.795. The van der Waals surface area contributed by atoms with Gasteiger partial charge in [0.15, 0.2) is 11.5 Å². The van der Waals surface area contributed by atoms with Crippen molar-refractivity contribution < 1.29 is 24.2 Å². The van der Waals surface area contributed by atoms with Crippen molar-refractivity contribution in [2.75, 3.05) is 40.4 Å². The third-order valence-electron chi connectivity index (χ3n) is 3.81. The van der Waals surface area contributed by atoms with E-state index < -0.39 is 6.10 Å². The van der Waals surface area contributed by atoms with Crippen LogP contribution in [0.25, 0.3) is 0 Å². The Morgan fingerprint density at radius 3 is 2.67 bits per heavy atom. The molecule has 0 aliphatic carbocycles. The highest BCUT2D eigenvalue weighted by Gasteiger charge is 2.29. The van der Waals surface area contributed by atoms with Crippen molar-refractivity contribution in [1.82, 2.24) is 9.80 Å². The molecule has 2 rings (SSSR count). The summed E-state index contributed by atoms with van der Waals surface area (Å²) >= 11 is 0. The van der Waals surface area contributed by atoms with E-state index in [9.17, 15) is 14.7 Å². The van der Waals surface area contributed by atoms with Crippen molar-refractivity contribution >= 4 is 11.8 Å². The Hall–Kier alpha value is -2.54. The van der Waals surface area contributed by atoms with E-state index in [2.05, 4.69) is 6.58 Å². The van der Waals surface area contributed by atoms with Crippen molar-refractivity contribution in [2.24, 2.45) is 0 Å².